The molecule has 1 aliphatic rings. The third-order valence-electron chi connectivity index (χ3n) is 3.34. The fraction of sp³-hybridized carbons (Fsp3) is 0.385. The highest BCUT2D eigenvalue weighted by Crippen LogP contribution is 2.32. The van der Waals surface area contributed by atoms with Gasteiger partial charge in [-0.2, -0.15) is 0 Å². The molecule has 1 aromatic rings. The highest BCUT2D eigenvalue weighted by Gasteiger charge is 2.45. The first-order valence-corrected chi connectivity index (χ1v) is 6.84. The van der Waals surface area contributed by atoms with Crippen LogP contribution in [0, 0.1) is 10.5 Å². The third-order valence-corrected chi connectivity index (χ3v) is 4.28. The van der Waals surface area contributed by atoms with Crippen molar-refractivity contribution < 1.29 is 14.7 Å². The molecule has 18 heavy (non-hydrogen) atoms. The number of benzene rings is 1. The number of carbonyl (C=O) groups is 2. The summed E-state index contributed by atoms with van der Waals surface area (Å²) in [6, 6.07) is 5.57. The summed E-state index contributed by atoms with van der Waals surface area (Å²) in [4.78, 5) is 23.4. The van der Waals surface area contributed by atoms with Crippen molar-refractivity contribution in [3.8, 4) is 0 Å². The van der Waals surface area contributed by atoms with Crippen molar-refractivity contribution in [1.29, 1.82) is 0 Å². The van der Waals surface area contributed by atoms with Crippen LogP contribution in [0.1, 0.15) is 35.2 Å². The predicted octanol–water partition coefficient (Wildman–Crippen LogP) is 2.34. The van der Waals surface area contributed by atoms with Gasteiger partial charge >= 0.3 is 5.97 Å². The number of carbonyl (C=O) groups excluding carboxylic acids is 1. The maximum atomic E-state index is 12.2. The molecule has 1 fully saturated rings. The van der Waals surface area contributed by atoms with E-state index in [-0.39, 0.29) is 5.91 Å². The second-order valence-electron chi connectivity index (χ2n) is 4.68. The Morgan fingerprint density at radius 2 is 2.06 bits per heavy atom. The van der Waals surface area contributed by atoms with Gasteiger partial charge in [0.05, 0.1) is 5.56 Å². The van der Waals surface area contributed by atoms with Gasteiger partial charge in [0.1, 0.15) is 5.54 Å². The maximum Gasteiger partial charge on any atom is 0.329 e. The molecule has 0 saturated heterocycles. The van der Waals surface area contributed by atoms with E-state index in [1.54, 1.807) is 6.07 Å². The van der Waals surface area contributed by atoms with Crippen molar-refractivity contribution in [2.24, 2.45) is 0 Å². The Morgan fingerprint density at radius 3 is 2.56 bits per heavy atom. The second kappa shape index (κ2) is 4.87. The van der Waals surface area contributed by atoms with Crippen molar-refractivity contribution >= 4 is 34.5 Å². The molecule has 0 unspecified atom stereocenters. The maximum absolute atomic E-state index is 12.2. The average molecular weight is 359 g/mol. The van der Waals surface area contributed by atoms with E-state index in [1.807, 2.05) is 19.1 Å². The van der Waals surface area contributed by atoms with Crippen LogP contribution in [0.4, 0.5) is 0 Å². The number of nitrogens with one attached hydrogen (secondary N) is 1. The van der Waals surface area contributed by atoms with E-state index in [2.05, 4.69) is 27.9 Å². The summed E-state index contributed by atoms with van der Waals surface area (Å²) >= 11 is 2.08. The van der Waals surface area contributed by atoms with E-state index in [1.165, 1.54) is 0 Å². The van der Waals surface area contributed by atoms with Crippen LogP contribution in [0.5, 0.6) is 0 Å². The summed E-state index contributed by atoms with van der Waals surface area (Å²) in [5, 5.41) is 11.9. The first kappa shape index (κ1) is 13.3. The molecule has 0 aromatic heterocycles. The summed E-state index contributed by atoms with van der Waals surface area (Å²) in [6.07, 6.45) is 1.87. The Hall–Kier alpha value is -1.11. The minimum absolute atomic E-state index is 0.301. The van der Waals surface area contributed by atoms with Crippen molar-refractivity contribution in [1.82, 2.24) is 5.32 Å². The molecular formula is C13H14INO3. The quantitative estimate of drug-likeness (QED) is 0.815. The van der Waals surface area contributed by atoms with E-state index in [0.29, 0.717) is 18.4 Å². The van der Waals surface area contributed by atoms with Gasteiger partial charge in [0.15, 0.2) is 0 Å². The lowest BCUT2D eigenvalue weighted by Gasteiger charge is -2.38. The smallest absolute Gasteiger partial charge is 0.329 e. The number of amides is 1. The number of aryl methyl sites for hydroxylation is 1. The van der Waals surface area contributed by atoms with E-state index in [0.717, 1.165) is 15.6 Å². The highest BCUT2D eigenvalue weighted by molar-refractivity contribution is 14.1. The minimum atomic E-state index is -1.05. The number of rotatable bonds is 3. The second-order valence-corrected chi connectivity index (χ2v) is 5.84. The molecule has 5 heteroatoms. The number of hydrogen-bond donors (Lipinski definition) is 2. The number of carboxylic acids is 1. The zero-order chi connectivity index (χ0) is 13.3. The lowest BCUT2D eigenvalue weighted by Crippen LogP contribution is -2.59. The Kier molecular flexibility index (Phi) is 3.61. The van der Waals surface area contributed by atoms with E-state index >= 15 is 0 Å². The van der Waals surface area contributed by atoms with Crippen LogP contribution in [0.25, 0.3) is 0 Å². The first-order chi connectivity index (χ1) is 8.44. The van der Waals surface area contributed by atoms with Gasteiger partial charge in [0, 0.05) is 3.57 Å². The monoisotopic (exact) mass is 359 g/mol. The van der Waals surface area contributed by atoms with Gasteiger partial charge in [-0.3, -0.25) is 4.79 Å². The van der Waals surface area contributed by atoms with Crippen molar-refractivity contribution in [3.63, 3.8) is 0 Å². The zero-order valence-corrected chi connectivity index (χ0v) is 12.2. The Morgan fingerprint density at radius 1 is 1.39 bits per heavy atom. The minimum Gasteiger partial charge on any atom is -0.480 e. The summed E-state index contributed by atoms with van der Waals surface area (Å²) in [7, 11) is 0. The fourth-order valence-corrected chi connectivity index (χ4v) is 2.60. The molecule has 0 atom stereocenters. The van der Waals surface area contributed by atoms with Crippen LogP contribution < -0.4 is 5.32 Å². The molecule has 1 saturated carbocycles. The molecule has 0 aliphatic heterocycles. The van der Waals surface area contributed by atoms with Crippen LogP contribution in [0.3, 0.4) is 0 Å². The molecule has 96 valence electrons. The molecule has 1 aliphatic carbocycles. The normalized spacial score (nSPS) is 16.8. The van der Waals surface area contributed by atoms with Crippen molar-refractivity contribution in [3.05, 3.63) is 32.9 Å². The average Bonchev–Trinajstić information content (AvgIpc) is 2.26. The Balaban J connectivity index is 2.22. The standard InChI is InChI=1S/C13H14INO3/c1-8-3-4-10(14)9(7-8)11(16)15-13(12(17)18)5-2-6-13/h3-4,7H,2,5-6H2,1H3,(H,15,16)(H,17,18). The molecule has 0 heterocycles. The SMILES string of the molecule is Cc1ccc(I)c(C(=O)NC2(C(=O)O)CCC2)c1. The zero-order valence-electron chi connectivity index (χ0n) is 10.00. The van der Waals surface area contributed by atoms with Crippen molar-refractivity contribution in [2.45, 2.75) is 31.7 Å². The Labute approximate surface area is 119 Å². The van der Waals surface area contributed by atoms with Crippen LogP contribution in [-0.4, -0.2) is 22.5 Å². The number of aliphatic carboxylic acids is 1. The van der Waals surface area contributed by atoms with Crippen LogP contribution in [-0.2, 0) is 4.79 Å². The molecule has 1 aromatic carbocycles. The van der Waals surface area contributed by atoms with Gasteiger partial charge in [-0.25, -0.2) is 4.79 Å². The lowest BCUT2D eigenvalue weighted by molar-refractivity contribution is -0.148. The number of hydrogen-bond acceptors (Lipinski definition) is 2. The summed E-state index contributed by atoms with van der Waals surface area (Å²) < 4.78 is 0.829. The van der Waals surface area contributed by atoms with Gasteiger partial charge < -0.3 is 10.4 Å². The van der Waals surface area contributed by atoms with E-state index in [4.69, 9.17) is 0 Å². The molecule has 4 nitrogen and oxygen atoms in total. The largest absolute Gasteiger partial charge is 0.480 e. The molecule has 2 rings (SSSR count). The summed E-state index contributed by atoms with van der Waals surface area (Å²) in [5.41, 5.74) is 0.478. The molecule has 0 spiro atoms. The van der Waals surface area contributed by atoms with Gasteiger partial charge in [0.2, 0.25) is 0 Å². The van der Waals surface area contributed by atoms with Crippen LogP contribution in [0.15, 0.2) is 18.2 Å². The van der Waals surface area contributed by atoms with E-state index < -0.39 is 11.5 Å². The van der Waals surface area contributed by atoms with Crippen LogP contribution >= 0.6 is 22.6 Å². The third kappa shape index (κ3) is 2.36. The van der Waals surface area contributed by atoms with Gasteiger partial charge in [0.25, 0.3) is 5.91 Å². The fourth-order valence-electron chi connectivity index (χ4n) is 2.02. The first-order valence-electron chi connectivity index (χ1n) is 5.77. The molecule has 2 N–H and O–H groups in total. The van der Waals surface area contributed by atoms with Crippen molar-refractivity contribution in [2.75, 3.05) is 0 Å². The predicted molar refractivity (Wildman–Crippen MR) is 75.6 cm³/mol. The molecule has 1 amide bonds. The molecule has 0 radical (unpaired) electrons. The summed E-state index contributed by atoms with van der Waals surface area (Å²) in [6.45, 7) is 1.91. The van der Waals surface area contributed by atoms with E-state index in [9.17, 15) is 14.7 Å². The topological polar surface area (TPSA) is 66.4 Å². The highest BCUT2D eigenvalue weighted by atomic mass is 127. The number of halogens is 1. The number of carboxylic acid groups (broad SMARTS) is 1. The van der Waals surface area contributed by atoms with Crippen LogP contribution in [0.2, 0.25) is 0 Å². The molecular weight excluding hydrogens is 345 g/mol. The summed E-state index contributed by atoms with van der Waals surface area (Å²) in [5.74, 6) is -1.24. The Bertz CT molecular complexity index is 509. The van der Waals surface area contributed by atoms with Gasteiger partial charge in [-0.1, -0.05) is 11.6 Å². The van der Waals surface area contributed by atoms with Gasteiger partial charge in [-0.05, 0) is 60.9 Å². The van der Waals surface area contributed by atoms with Gasteiger partial charge in [-0.15, -0.1) is 0 Å². The molecule has 0 bridgehead atoms. The lowest BCUT2D eigenvalue weighted by atomic mass is 9.76.